The van der Waals surface area contributed by atoms with E-state index in [2.05, 4.69) is 9.44 Å². The lowest BCUT2D eigenvalue weighted by Crippen LogP contribution is -2.57. The third kappa shape index (κ3) is 6.51. The van der Waals surface area contributed by atoms with E-state index in [1.165, 1.54) is 0 Å². The van der Waals surface area contributed by atoms with E-state index in [0.717, 1.165) is 18.2 Å². The van der Waals surface area contributed by atoms with Gasteiger partial charge in [-0.25, -0.2) is 0 Å². The minimum Gasteiger partial charge on any atom is -0.714 e. The summed E-state index contributed by atoms with van der Waals surface area (Å²) in [4.78, 5) is 0. The van der Waals surface area contributed by atoms with Crippen LogP contribution in [0.3, 0.4) is 0 Å². The van der Waals surface area contributed by atoms with Crippen molar-refractivity contribution in [3.8, 4) is 0 Å². The summed E-state index contributed by atoms with van der Waals surface area (Å²) >= 11 is 0.747. The molecular weight excluding hydrogens is 354 g/mol. The van der Waals surface area contributed by atoms with Gasteiger partial charge in [0.15, 0.2) is 0 Å². The average Bonchev–Trinajstić information content (AvgIpc) is 2.49. The van der Waals surface area contributed by atoms with Gasteiger partial charge < -0.3 is 29.7 Å². The largest absolute Gasteiger partial charge is 0.714 e. The molecule has 0 bridgehead atoms. The van der Waals surface area contributed by atoms with Crippen LogP contribution in [0.4, 0.5) is 0 Å². The third-order valence-corrected chi connectivity index (χ3v) is 4.51. The number of oxime groups is 1. The lowest BCUT2D eigenvalue weighted by molar-refractivity contribution is -0.205. The van der Waals surface area contributed by atoms with Gasteiger partial charge in [0, 0.05) is 0 Å². The van der Waals surface area contributed by atoms with Gasteiger partial charge in [-0.05, 0) is 12.8 Å². The summed E-state index contributed by atoms with van der Waals surface area (Å²) in [5, 5.41) is 41.7. The minimum absolute atomic E-state index is 0.0654. The van der Waals surface area contributed by atoms with E-state index < -0.39 is 46.9 Å². The Hall–Kier alpha value is -0.470. The van der Waals surface area contributed by atoms with Crippen LogP contribution in [0.15, 0.2) is 5.16 Å². The maximum Gasteiger partial charge on any atom is 0.284 e. The molecule has 136 valence electrons. The van der Waals surface area contributed by atoms with Gasteiger partial charge in [0.2, 0.25) is 0 Å². The summed E-state index contributed by atoms with van der Waals surface area (Å²) < 4.78 is 40.5. The molecular formula is C11H20NO9S2-. The second-order valence-electron chi connectivity index (χ2n) is 4.89. The summed E-state index contributed by atoms with van der Waals surface area (Å²) in [6.07, 6.45) is -4.05. The summed E-state index contributed by atoms with van der Waals surface area (Å²) in [6, 6.07) is 0. The normalized spacial score (nSPS) is 32.8. The molecule has 0 spiro atoms. The van der Waals surface area contributed by atoms with Gasteiger partial charge in [-0.1, -0.05) is 30.3 Å². The first kappa shape index (κ1) is 20.6. The zero-order chi connectivity index (χ0) is 17.6. The quantitative estimate of drug-likeness (QED) is 0.135. The molecule has 0 aromatic carbocycles. The van der Waals surface area contributed by atoms with Crippen LogP contribution < -0.4 is 0 Å². The molecule has 0 aromatic rings. The van der Waals surface area contributed by atoms with E-state index in [-0.39, 0.29) is 11.5 Å². The number of thioether (sulfide) groups is 1. The van der Waals surface area contributed by atoms with Crippen molar-refractivity contribution >= 4 is 27.2 Å². The summed E-state index contributed by atoms with van der Waals surface area (Å²) in [7, 11) is -5.02. The molecule has 5 atom stereocenters. The van der Waals surface area contributed by atoms with E-state index >= 15 is 0 Å². The van der Waals surface area contributed by atoms with E-state index in [4.69, 9.17) is 9.84 Å². The van der Waals surface area contributed by atoms with Crippen LogP contribution in [0.1, 0.15) is 26.2 Å². The summed E-state index contributed by atoms with van der Waals surface area (Å²) in [5.41, 5.74) is -1.13. The molecule has 0 saturated carbocycles. The molecule has 1 heterocycles. The monoisotopic (exact) mass is 374 g/mol. The number of rotatable bonds is 7. The van der Waals surface area contributed by atoms with Crippen LogP contribution in [-0.4, -0.2) is 74.9 Å². The van der Waals surface area contributed by atoms with Gasteiger partial charge in [0.05, 0.1) is 6.61 Å². The Kier molecular flexibility index (Phi) is 8.17. The number of aliphatic hydroxyl groups excluding tert-OH is 4. The van der Waals surface area contributed by atoms with Crippen molar-refractivity contribution in [3.63, 3.8) is 0 Å². The maximum absolute atomic E-state index is 10.5. The predicted octanol–water partition coefficient (Wildman–Crippen LogP) is -1.50. The molecule has 1 aliphatic rings. The number of unbranched alkanes of at least 4 members (excludes halogenated alkanes) is 1. The number of aliphatic hydroxyl groups is 4. The minimum atomic E-state index is -5.02. The highest BCUT2D eigenvalue weighted by molar-refractivity contribution is 8.14. The van der Waals surface area contributed by atoms with Crippen molar-refractivity contribution in [1.82, 2.24) is 0 Å². The predicted molar refractivity (Wildman–Crippen MR) is 79.1 cm³/mol. The number of nitrogens with zero attached hydrogens (tertiary/aromatic N) is 1. The van der Waals surface area contributed by atoms with E-state index in [1.807, 2.05) is 6.92 Å². The highest BCUT2D eigenvalue weighted by atomic mass is 32.3. The first-order valence-electron chi connectivity index (χ1n) is 6.88. The van der Waals surface area contributed by atoms with Gasteiger partial charge in [0.25, 0.3) is 10.4 Å². The topological polar surface area (TPSA) is 169 Å². The molecule has 1 rings (SSSR count). The van der Waals surface area contributed by atoms with Crippen molar-refractivity contribution in [1.29, 1.82) is 0 Å². The Labute approximate surface area is 138 Å². The van der Waals surface area contributed by atoms with Crippen LogP contribution in [-0.2, 0) is 19.4 Å². The second kappa shape index (κ2) is 9.13. The van der Waals surface area contributed by atoms with Gasteiger partial charge in [0.1, 0.15) is 34.9 Å². The standard InChI is InChI=1S/C11H21NO9S2/c1-2-3-4-7(12-21-23(17,18)19)22-11-10(16)9(15)8(14)6(5-13)20-11/h6,8-11,13-16H,2-5H2,1H3,(H,17,18,19)/p-1/b12-7+/t6-,8-,9+,10-,11+/m1/s1. The number of hydrogen-bond donors (Lipinski definition) is 4. The molecule has 0 aliphatic carbocycles. The Morgan fingerprint density at radius 1 is 1.30 bits per heavy atom. The molecule has 1 fully saturated rings. The smallest absolute Gasteiger partial charge is 0.284 e. The van der Waals surface area contributed by atoms with Crippen molar-refractivity contribution in [2.75, 3.05) is 6.61 Å². The maximum atomic E-state index is 10.5. The van der Waals surface area contributed by atoms with Gasteiger partial charge >= 0.3 is 0 Å². The van der Waals surface area contributed by atoms with Crippen LogP contribution in [0.25, 0.3) is 0 Å². The summed E-state index contributed by atoms with van der Waals surface area (Å²) in [6.45, 7) is 1.29. The lowest BCUT2D eigenvalue weighted by Gasteiger charge is -2.39. The molecule has 10 nitrogen and oxygen atoms in total. The lowest BCUT2D eigenvalue weighted by atomic mass is 10.0. The van der Waals surface area contributed by atoms with Crippen molar-refractivity contribution in [3.05, 3.63) is 0 Å². The zero-order valence-corrected chi connectivity index (χ0v) is 13.9. The Bertz CT molecular complexity index is 496. The van der Waals surface area contributed by atoms with Crippen LogP contribution in [0.5, 0.6) is 0 Å². The summed E-state index contributed by atoms with van der Waals surface area (Å²) in [5.74, 6) is 0. The molecule has 0 unspecified atom stereocenters. The molecule has 1 saturated heterocycles. The van der Waals surface area contributed by atoms with E-state index in [0.29, 0.717) is 6.42 Å². The van der Waals surface area contributed by atoms with Gasteiger partial charge in [-0.15, -0.1) is 0 Å². The van der Waals surface area contributed by atoms with Crippen molar-refractivity contribution in [2.24, 2.45) is 5.16 Å². The number of hydrogen-bond acceptors (Lipinski definition) is 11. The fraction of sp³-hybridized carbons (Fsp3) is 0.909. The Morgan fingerprint density at radius 3 is 2.48 bits per heavy atom. The third-order valence-electron chi connectivity index (χ3n) is 3.08. The molecule has 0 aromatic heterocycles. The van der Waals surface area contributed by atoms with Crippen molar-refractivity contribution < 1.29 is 42.4 Å². The van der Waals surface area contributed by atoms with Crippen LogP contribution in [0, 0.1) is 0 Å². The highest BCUT2D eigenvalue weighted by Gasteiger charge is 2.44. The highest BCUT2D eigenvalue weighted by Crippen LogP contribution is 2.30. The molecule has 0 radical (unpaired) electrons. The first-order valence-corrected chi connectivity index (χ1v) is 9.09. The molecule has 0 amide bonds. The molecule has 1 aliphatic heterocycles. The fourth-order valence-electron chi connectivity index (χ4n) is 1.84. The second-order valence-corrected chi connectivity index (χ2v) is 7.02. The van der Waals surface area contributed by atoms with Gasteiger partial charge in [-0.2, -0.15) is 8.42 Å². The van der Waals surface area contributed by atoms with Crippen LogP contribution >= 0.6 is 11.8 Å². The van der Waals surface area contributed by atoms with E-state index in [9.17, 15) is 28.3 Å². The zero-order valence-electron chi connectivity index (χ0n) is 12.3. The van der Waals surface area contributed by atoms with E-state index in [1.54, 1.807) is 0 Å². The van der Waals surface area contributed by atoms with Gasteiger partial charge in [-0.3, -0.25) is 4.28 Å². The fourth-order valence-corrected chi connectivity index (χ4v) is 3.18. The van der Waals surface area contributed by atoms with Crippen LogP contribution in [0.2, 0.25) is 0 Å². The molecule has 4 N–H and O–H groups in total. The first-order chi connectivity index (χ1) is 10.7. The SMILES string of the molecule is CCCC/C(=N\OS(=O)(=O)[O-])S[C@@H]1O[C@H](CO)[C@@H](O)[C@H](O)[C@H]1O. The molecule has 12 heteroatoms. The Morgan fingerprint density at radius 2 is 1.96 bits per heavy atom. The number of ether oxygens (including phenoxy) is 1. The average molecular weight is 374 g/mol. The molecule has 23 heavy (non-hydrogen) atoms. The van der Waals surface area contributed by atoms with Crippen molar-refractivity contribution in [2.45, 2.75) is 56.0 Å². The Balaban J connectivity index is 2.84.